The largest absolute Gasteiger partial charge is 0.497 e. The summed E-state index contributed by atoms with van der Waals surface area (Å²) in [4.78, 5) is 0. The number of methoxy groups -OCH3 is 1. The van der Waals surface area contributed by atoms with Gasteiger partial charge >= 0.3 is 0 Å². The summed E-state index contributed by atoms with van der Waals surface area (Å²) in [6.45, 7) is 7.76. The molecule has 0 aromatic heterocycles. The Morgan fingerprint density at radius 2 is 2.06 bits per heavy atom. The summed E-state index contributed by atoms with van der Waals surface area (Å²) in [7, 11) is 1.72. The smallest absolute Gasteiger partial charge is 0.119 e. The summed E-state index contributed by atoms with van der Waals surface area (Å²) in [6.07, 6.45) is 2.28. The predicted molar refractivity (Wildman–Crippen MR) is 73.6 cm³/mol. The molecule has 1 aromatic rings. The lowest BCUT2D eigenvalue weighted by atomic mass is 9.96. The van der Waals surface area contributed by atoms with E-state index in [1.807, 2.05) is 6.07 Å². The van der Waals surface area contributed by atoms with E-state index in [2.05, 4.69) is 44.3 Å². The van der Waals surface area contributed by atoms with E-state index in [4.69, 9.17) is 4.74 Å². The fraction of sp³-hybridized carbons (Fsp3) is 0.600. The first-order valence-electron chi connectivity index (χ1n) is 6.53. The third-order valence-corrected chi connectivity index (χ3v) is 3.15. The molecule has 2 nitrogen and oxygen atoms in total. The average molecular weight is 235 g/mol. The number of aryl methyl sites for hydroxylation is 1. The highest BCUT2D eigenvalue weighted by Gasteiger charge is 2.11. The molecule has 1 aromatic carbocycles. The highest BCUT2D eigenvalue weighted by Crippen LogP contribution is 2.16. The molecule has 0 radical (unpaired) electrons. The molecule has 2 heteroatoms. The van der Waals surface area contributed by atoms with Crippen LogP contribution in [0.15, 0.2) is 24.3 Å². The van der Waals surface area contributed by atoms with Crippen LogP contribution in [0.1, 0.15) is 32.8 Å². The summed E-state index contributed by atoms with van der Waals surface area (Å²) in [5, 5.41) is 3.55. The summed E-state index contributed by atoms with van der Waals surface area (Å²) >= 11 is 0. The van der Waals surface area contributed by atoms with Crippen molar-refractivity contribution in [3.8, 4) is 5.75 Å². The second-order valence-corrected chi connectivity index (χ2v) is 4.80. The molecule has 0 heterocycles. The van der Waals surface area contributed by atoms with E-state index in [0.717, 1.165) is 18.7 Å². The minimum Gasteiger partial charge on any atom is -0.497 e. The van der Waals surface area contributed by atoms with Gasteiger partial charge in [-0.05, 0) is 43.0 Å². The number of rotatable bonds is 7. The van der Waals surface area contributed by atoms with Crippen LogP contribution in [0.25, 0.3) is 0 Å². The monoisotopic (exact) mass is 235 g/mol. The fourth-order valence-electron chi connectivity index (χ4n) is 2.08. The summed E-state index contributed by atoms with van der Waals surface area (Å²) in [6, 6.07) is 8.96. The van der Waals surface area contributed by atoms with Gasteiger partial charge in [-0.1, -0.05) is 32.9 Å². The quantitative estimate of drug-likeness (QED) is 0.783. The van der Waals surface area contributed by atoms with Crippen LogP contribution in [0.4, 0.5) is 0 Å². The van der Waals surface area contributed by atoms with Crippen molar-refractivity contribution in [1.29, 1.82) is 0 Å². The first-order valence-corrected chi connectivity index (χ1v) is 6.53. The van der Waals surface area contributed by atoms with E-state index < -0.39 is 0 Å². The van der Waals surface area contributed by atoms with Gasteiger partial charge in [-0.15, -0.1) is 0 Å². The number of benzene rings is 1. The molecule has 0 saturated heterocycles. The predicted octanol–water partition coefficient (Wildman–Crippen LogP) is 3.26. The molecule has 0 fully saturated rings. The van der Waals surface area contributed by atoms with Gasteiger partial charge in [0.05, 0.1) is 7.11 Å². The number of nitrogens with one attached hydrogen (secondary N) is 1. The van der Waals surface area contributed by atoms with Crippen molar-refractivity contribution in [3.63, 3.8) is 0 Å². The van der Waals surface area contributed by atoms with Crippen LogP contribution in [-0.2, 0) is 6.42 Å². The van der Waals surface area contributed by atoms with Crippen molar-refractivity contribution < 1.29 is 4.74 Å². The number of hydrogen-bond acceptors (Lipinski definition) is 2. The van der Waals surface area contributed by atoms with Crippen molar-refractivity contribution in [2.24, 2.45) is 5.92 Å². The highest BCUT2D eigenvalue weighted by atomic mass is 16.5. The minimum absolute atomic E-state index is 0.603. The molecule has 0 aliphatic carbocycles. The standard InChI is InChI=1S/C15H25NO/c1-5-16-15(12(2)3)10-9-13-7-6-8-14(11-13)17-4/h6-8,11-12,15-16H,5,9-10H2,1-4H3. The van der Waals surface area contributed by atoms with Crippen molar-refractivity contribution in [1.82, 2.24) is 5.32 Å². The topological polar surface area (TPSA) is 21.3 Å². The van der Waals surface area contributed by atoms with Gasteiger partial charge in [-0.25, -0.2) is 0 Å². The summed E-state index contributed by atoms with van der Waals surface area (Å²) in [5.74, 6) is 1.63. The zero-order valence-electron chi connectivity index (χ0n) is 11.5. The van der Waals surface area contributed by atoms with Gasteiger partial charge in [0.25, 0.3) is 0 Å². The van der Waals surface area contributed by atoms with Crippen LogP contribution in [0.2, 0.25) is 0 Å². The lowest BCUT2D eigenvalue weighted by molar-refractivity contribution is 0.384. The van der Waals surface area contributed by atoms with E-state index in [9.17, 15) is 0 Å². The van der Waals surface area contributed by atoms with E-state index in [-0.39, 0.29) is 0 Å². The molecule has 0 aliphatic heterocycles. The Balaban J connectivity index is 2.52. The van der Waals surface area contributed by atoms with Gasteiger partial charge < -0.3 is 10.1 Å². The van der Waals surface area contributed by atoms with Crippen LogP contribution in [-0.4, -0.2) is 19.7 Å². The molecule has 1 rings (SSSR count). The van der Waals surface area contributed by atoms with Crippen LogP contribution in [0, 0.1) is 5.92 Å². The van der Waals surface area contributed by atoms with E-state index in [1.54, 1.807) is 7.11 Å². The molecule has 1 N–H and O–H groups in total. The maximum atomic E-state index is 5.24. The molecule has 0 bridgehead atoms. The molecule has 96 valence electrons. The molecular formula is C15H25NO. The highest BCUT2D eigenvalue weighted by molar-refractivity contribution is 5.28. The Labute approximate surface area is 105 Å². The van der Waals surface area contributed by atoms with Crippen LogP contribution < -0.4 is 10.1 Å². The van der Waals surface area contributed by atoms with E-state index >= 15 is 0 Å². The number of hydrogen-bond donors (Lipinski definition) is 1. The first kappa shape index (κ1) is 14.0. The van der Waals surface area contributed by atoms with Crippen LogP contribution >= 0.6 is 0 Å². The molecule has 0 amide bonds. The molecule has 0 saturated carbocycles. The Hall–Kier alpha value is -1.02. The normalized spacial score (nSPS) is 12.8. The van der Waals surface area contributed by atoms with Gasteiger partial charge in [-0.3, -0.25) is 0 Å². The van der Waals surface area contributed by atoms with E-state index in [0.29, 0.717) is 12.0 Å². The fourth-order valence-corrected chi connectivity index (χ4v) is 2.08. The molecule has 0 spiro atoms. The Morgan fingerprint density at radius 3 is 2.65 bits per heavy atom. The Bertz CT molecular complexity index is 322. The van der Waals surface area contributed by atoms with Crippen molar-refractivity contribution in [3.05, 3.63) is 29.8 Å². The molecule has 1 atom stereocenters. The van der Waals surface area contributed by atoms with Crippen LogP contribution in [0.5, 0.6) is 5.75 Å². The second-order valence-electron chi connectivity index (χ2n) is 4.80. The lowest BCUT2D eigenvalue weighted by Crippen LogP contribution is -2.34. The van der Waals surface area contributed by atoms with Gasteiger partial charge in [0, 0.05) is 6.04 Å². The van der Waals surface area contributed by atoms with Gasteiger partial charge in [0.2, 0.25) is 0 Å². The van der Waals surface area contributed by atoms with Crippen molar-refractivity contribution in [2.45, 2.75) is 39.7 Å². The Morgan fingerprint density at radius 1 is 1.29 bits per heavy atom. The van der Waals surface area contributed by atoms with Crippen LogP contribution in [0.3, 0.4) is 0 Å². The summed E-state index contributed by atoms with van der Waals surface area (Å²) in [5.41, 5.74) is 1.35. The maximum absolute atomic E-state index is 5.24. The molecular weight excluding hydrogens is 210 g/mol. The third kappa shape index (κ3) is 4.78. The zero-order chi connectivity index (χ0) is 12.7. The van der Waals surface area contributed by atoms with Gasteiger partial charge in [0.1, 0.15) is 5.75 Å². The molecule has 17 heavy (non-hydrogen) atoms. The lowest BCUT2D eigenvalue weighted by Gasteiger charge is -2.21. The SMILES string of the molecule is CCNC(CCc1cccc(OC)c1)C(C)C. The zero-order valence-corrected chi connectivity index (χ0v) is 11.5. The Kier molecular flexibility index (Phi) is 6.06. The molecule has 1 unspecified atom stereocenters. The number of ether oxygens (including phenoxy) is 1. The maximum Gasteiger partial charge on any atom is 0.119 e. The summed E-state index contributed by atoms with van der Waals surface area (Å²) < 4.78 is 5.24. The minimum atomic E-state index is 0.603. The third-order valence-electron chi connectivity index (χ3n) is 3.15. The van der Waals surface area contributed by atoms with Gasteiger partial charge in [0.15, 0.2) is 0 Å². The van der Waals surface area contributed by atoms with Crippen molar-refractivity contribution in [2.75, 3.05) is 13.7 Å². The molecule has 0 aliphatic rings. The first-order chi connectivity index (χ1) is 8.17. The van der Waals surface area contributed by atoms with Crippen molar-refractivity contribution >= 4 is 0 Å². The second kappa shape index (κ2) is 7.33. The average Bonchev–Trinajstić information content (AvgIpc) is 2.34. The van der Waals surface area contributed by atoms with E-state index in [1.165, 1.54) is 12.0 Å². The van der Waals surface area contributed by atoms with Gasteiger partial charge in [-0.2, -0.15) is 0 Å².